The monoisotopic (exact) mass is 382 g/mol. The van der Waals surface area contributed by atoms with Crippen LogP contribution in [0.4, 0.5) is 0 Å². The molecule has 0 amide bonds. The van der Waals surface area contributed by atoms with Crippen LogP contribution in [0.5, 0.6) is 5.75 Å². The van der Waals surface area contributed by atoms with Gasteiger partial charge in [0.1, 0.15) is 5.75 Å². The average Bonchev–Trinajstić information content (AvgIpc) is 2.42. The van der Waals surface area contributed by atoms with Crippen LogP contribution in [0.2, 0.25) is 0 Å². The van der Waals surface area contributed by atoms with Crippen molar-refractivity contribution in [2.75, 3.05) is 7.11 Å². The lowest BCUT2D eigenvalue weighted by Gasteiger charge is -2.13. The molecule has 0 aliphatic carbocycles. The van der Waals surface area contributed by atoms with Crippen molar-refractivity contribution in [2.45, 2.75) is 17.7 Å². The minimum absolute atomic E-state index is 0.407. The Morgan fingerprint density at radius 3 is 2.37 bits per heavy atom. The third-order valence-corrected chi connectivity index (χ3v) is 4.18. The Morgan fingerprint density at radius 1 is 1.00 bits per heavy atom. The molecule has 0 fully saturated rings. The molecule has 0 bridgehead atoms. The molecule has 2 aromatic carbocycles. The minimum atomic E-state index is 0.407. The first kappa shape index (κ1) is 14.6. The van der Waals surface area contributed by atoms with Crippen LogP contribution in [-0.2, 0) is 12.8 Å². The van der Waals surface area contributed by atoms with Gasteiger partial charge in [0.25, 0.3) is 0 Å². The van der Waals surface area contributed by atoms with Crippen molar-refractivity contribution in [3.63, 3.8) is 0 Å². The van der Waals surface area contributed by atoms with Gasteiger partial charge in [-0.3, -0.25) is 0 Å². The fraction of sp³-hybridized carbons (Fsp3) is 0.250. The zero-order valence-corrected chi connectivity index (χ0v) is 13.9. The van der Waals surface area contributed by atoms with E-state index in [2.05, 4.69) is 68.3 Å². The molecule has 0 heterocycles. The number of hydrogen-bond donors (Lipinski definition) is 0. The van der Waals surface area contributed by atoms with Gasteiger partial charge in [-0.1, -0.05) is 62.2 Å². The molecule has 0 N–H and O–H groups in total. The molecule has 1 unspecified atom stereocenters. The van der Waals surface area contributed by atoms with E-state index in [1.807, 2.05) is 12.1 Å². The maximum absolute atomic E-state index is 5.39. The normalized spacial score (nSPS) is 12.2. The van der Waals surface area contributed by atoms with Crippen LogP contribution in [0.1, 0.15) is 11.1 Å². The van der Waals surface area contributed by atoms with Crippen molar-refractivity contribution in [3.05, 3.63) is 64.1 Å². The number of alkyl halides is 1. The Kier molecular flexibility index (Phi) is 5.46. The van der Waals surface area contributed by atoms with Crippen LogP contribution in [-0.4, -0.2) is 11.9 Å². The fourth-order valence-corrected chi connectivity index (χ4v) is 3.05. The molecule has 0 spiro atoms. The van der Waals surface area contributed by atoms with Gasteiger partial charge in [0, 0.05) is 9.30 Å². The van der Waals surface area contributed by atoms with Crippen molar-refractivity contribution in [3.8, 4) is 5.75 Å². The van der Waals surface area contributed by atoms with Crippen LogP contribution in [0.3, 0.4) is 0 Å². The molecule has 19 heavy (non-hydrogen) atoms. The van der Waals surface area contributed by atoms with Crippen molar-refractivity contribution < 1.29 is 4.74 Å². The summed E-state index contributed by atoms with van der Waals surface area (Å²) in [6.45, 7) is 0. The first-order valence-electron chi connectivity index (χ1n) is 6.19. The lowest BCUT2D eigenvalue weighted by atomic mass is 10.0. The average molecular weight is 384 g/mol. The molecule has 2 rings (SSSR count). The van der Waals surface area contributed by atoms with Gasteiger partial charge in [0.2, 0.25) is 0 Å². The van der Waals surface area contributed by atoms with Gasteiger partial charge in [-0.15, -0.1) is 0 Å². The summed E-state index contributed by atoms with van der Waals surface area (Å²) in [5.74, 6) is 0.961. The quantitative estimate of drug-likeness (QED) is 0.659. The van der Waals surface area contributed by atoms with Crippen LogP contribution in [0, 0.1) is 0 Å². The fourth-order valence-electron chi connectivity index (χ4n) is 2.06. The summed E-state index contributed by atoms with van der Waals surface area (Å²) < 4.78 is 6.50. The molecule has 2 aromatic rings. The Bertz CT molecular complexity index is 523. The molecule has 1 nitrogen and oxygen atoms in total. The van der Waals surface area contributed by atoms with Crippen LogP contribution in [0.15, 0.2) is 53.0 Å². The van der Waals surface area contributed by atoms with E-state index in [4.69, 9.17) is 4.74 Å². The Hall–Kier alpha value is -0.800. The van der Waals surface area contributed by atoms with E-state index < -0.39 is 0 Å². The molecule has 0 aromatic heterocycles. The van der Waals surface area contributed by atoms with E-state index in [0.717, 1.165) is 23.1 Å². The van der Waals surface area contributed by atoms with Crippen molar-refractivity contribution in [1.29, 1.82) is 0 Å². The lowest BCUT2D eigenvalue weighted by Crippen LogP contribution is -2.07. The number of para-hydroxylation sites is 1. The summed E-state index contributed by atoms with van der Waals surface area (Å²) in [5.41, 5.74) is 2.57. The molecule has 0 aliphatic heterocycles. The third kappa shape index (κ3) is 4.36. The van der Waals surface area contributed by atoms with Crippen molar-refractivity contribution in [2.24, 2.45) is 0 Å². The van der Waals surface area contributed by atoms with Crippen LogP contribution in [0.25, 0.3) is 0 Å². The first-order chi connectivity index (χ1) is 9.19. The zero-order valence-electron chi connectivity index (χ0n) is 10.8. The number of ether oxygens (including phenoxy) is 1. The summed E-state index contributed by atoms with van der Waals surface area (Å²) in [5, 5.41) is 0. The highest BCUT2D eigenvalue weighted by atomic mass is 79.9. The molecular formula is C16H16Br2O. The van der Waals surface area contributed by atoms with Gasteiger partial charge < -0.3 is 4.74 Å². The van der Waals surface area contributed by atoms with E-state index in [-0.39, 0.29) is 0 Å². The maximum Gasteiger partial charge on any atom is 0.122 e. The van der Waals surface area contributed by atoms with Crippen molar-refractivity contribution in [1.82, 2.24) is 0 Å². The lowest BCUT2D eigenvalue weighted by molar-refractivity contribution is 0.409. The summed E-state index contributed by atoms with van der Waals surface area (Å²) in [6, 6.07) is 16.7. The SMILES string of the molecule is COc1ccccc1CC(Br)Cc1ccc(Br)cc1. The summed E-state index contributed by atoms with van der Waals surface area (Å²) in [7, 11) is 1.72. The van der Waals surface area contributed by atoms with E-state index in [1.165, 1.54) is 11.1 Å². The van der Waals surface area contributed by atoms with Crippen LogP contribution < -0.4 is 4.74 Å². The van der Waals surface area contributed by atoms with E-state index in [0.29, 0.717) is 4.83 Å². The summed E-state index contributed by atoms with van der Waals surface area (Å²) >= 11 is 7.22. The molecule has 1 atom stereocenters. The number of benzene rings is 2. The molecule has 100 valence electrons. The molecule has 0 saturated carbocycles. The summed E-state index contributed by atoms with van der Waals surface area (Å²) in [6.07, 6.45) is 1.96. The highest BCUT2D eigenvalue weighted by Crippen LogP contribution is 2.23. The number of hydrogen-bond acceptors (Lipinski definition) is 1. The second-order valence-corrected chi connectivity index (χ2v) is 6.65. The van der Waals surface area contributed by atoms with Gasteiger partial charge in [-0.05, 0) is 42.2 Å². The third-order valence-electron chi connectivity index (χ3n) is 3.00. The Morgan fingerprint density at radius 2 is 1.68 bits per heavy atom. The summed E-state index contributed by atoms with van der Waals surface area (Å²) in [4.78, 5) is 0.407. The smallest absolute Gasteiger partial charge is 0.122 e. The number of halogens is 2. The molecule has 0 radical (unpaired) electrons. The Balaban J connectivity index is 2.01. The predicted octanol–water partition coefficient (Wildman–Crippen LogP) is 5.01. The Labute approximate surface area is 131 Å². The van der Waals surface area contributed by atoms with Gasteiger partial charge in [0.05, 0.1) is 7.11 Å². The first-order valence-corrected chi connectivity index (χ1v) is 7.90. The zero-order chi connectivity index (χ0) is 13.7. The topological polar surface area (TPSA) is 9.23 Å². The van der Waals surface area contributed by atoms with E-state index >= 15 is 0 Å². The number of rotatable bonds is 5. The van der Waals surface area contributed by atoms with E-state index in [1.54, 1.807) is 7.11 Å². The van der Waals surface area contributed by atoms with Gasteiger partial charge in [0.15, 0.2) is 0 Å². The molecule has 0 saturated heterocycles. The minimum Gasteiger partial charge on any atom is -0.496 e. The van der Waals surface area contributed by atoms with Gasteiger partial charge in [-0.2, -0.15) is 0 Å². The van der Waals surface area contributed by atoms with Crippen molar-refractivity contribution >= 4 is 31.9 Å². The van der Waals surface area contributed by atoms with Gasteiger partial charge in [-0.25, -0.2) is 0 Å². The number of methoxy groups -OCH3 is 1. The molecular weight excluding hydrogens is 368 g/mol. The second kappa shape index (κ2) is 7.11. The van der Waals surface area contributed by atoms with E-state index in [9.17, 15) is 0 Å². The maximum atomic E-state index is 5.39. The highest BCUT2D eigenvalue weighted by molar-refractivity contribution is 9.10. The largest absolute Gasteiger partial charge is 0.496 e. The predicted molar refractivity (Wildman–Crippen MR) is 87.3 cm³/mol. The van der Waals surface area contributed by atoms with Gasteiger partial charge >= 0.3 is 0 Å². The molecule has 0 aliphatic rings. The standard InChI is InChI=1S/C16H16Br2O/c1-19-16-5-3-2-4-13(16)11-15(18)10-12-6-8-14(17)9-7-12/h2-9,15H,10-11H2,1H3. The second-order valence-electron chi connectivity index (χ2n) is 4.44. The highest BCUT2D eigenvalue weighted by Gasteiger charge is 2.10. The molecule has 3 heteroatoms. The van der Waals surface area contributed by atoms with Crippen LogP contribution >= 0.6 is 31.9 Å².